The second kappa shape index (κ2) is 7.77. The highest BCUT2D eigenvalue weighted by Gasteiger charge is 2.42. The van der Waals surface area contributed by atoms with Crippen LogP contribution in [0.25, 0.3) is 0 Å². The third-order valence-electron chi connectivity index (χ3n) is 5.59. The number of carbonyl (C=O) groups excluding carboxylic acids is 1. The molecule has 1 fully saturated rings. The summed E-state index contributed by atoms with van der Waals surface area (Å²) in [6, 6.07) is 11.5. The molecule has 4 heteroatoms. The lowest BCUT2D eigenvalue weighted by Crippen LogP contribution is -2.62. The molecule has 1 heterocycles. The van der Waals surface area contributed by atoms with Crippen LogP contribution in [0, 0.1) is 11.8 Å². The lowest BCUT2D eigenvalue weighted by molar-refractivity contribution is -0.0119. The van der Waals surface area contributed by atoms with Crippen LogP contribution in [-0.2, 0) is 11.3 Å². The van der Waals surface area contributed by atoms with Gasteiger partial charge in [-0.25, -0.2) is 4.79 Å². The van der Waals surface area contributed by atoms with Crippen molar-refractivity contribution < 1.29 is 9.53 Å². The number of hydrogen-bond donors (Lipinski definition) is 1. The van der Waals surface area contributed by atoms with Crippen LogP contribution < -0.4 is 5.32 Å². The first-order valence-corrected chi connectivity index (χ1v) is 9.39. The molecule has 1 N–H and O–H groups in total. The third kappa shape index (κ3) is 4.97. The van der Waals surface area contributed by atoms with Gasteiger partial charge in [0.05, 0.1) is 0 Å². The minimum absolute atomic E-state index is 0.117. The standard InChI is InChI=1S/C21H34N2O2/c1-14-16(3)23(13-18-11-9-8-10-12-18)17(4)15(2)19(14)22-20(24)25-21(5,6)7/h8-12,14-17,19H,13H2,1-7H3,(H,22,24). The van der Waals surface area contributed by atoms with Gasteiger partial charge in [0.25, 0.3) is 0 Å². The molecule has 0 radical (unpaired) electrons. The average molecular weight is 347 g/mol. The van der Waals surface area contributed by atoms with Crippen LogP contribution in [0.4, 0.5) is 4.79 Å². The van der Waals surface area contributed by atoms with E-state index >= 15 is 0 Å². The molecule has 1 saturated heterocycles. The summed E-state index contributed by atoms with van der Waals surface area (Å²) in [5.74, 6) is 0.699. The molecule has 1 aliphatic rings. The van der Waals surface area contributed by atoms with E-state index in [0.717, 1.165) is 6.54 Å². The topological polar surface area (TPSA) is 41.6 Å². The molecular formula is C21H34N2O2. The van der Waals surface area contributed by atoms with Gasteiger partial charge in [0, 0.05) is 24.7 Å². The second-order valence-electron chi connectivity index (χ2n) is 8.53. The molecule has 4 unspecified atom stereocenters. The zero-order valence-corrected chi connectivity index (χ0v) is 16.7. The van der Waals surface area contributed by atoms with Crippen molar-refractivity contribution in [1.29, 1.82) is 0 Å². The normalized spacial score (nSPS) is 30.8. The van der Waals surface area contributed by atoms with Crippen LogP contribution >= 0.6 is 0 Å². The third-order valence-corrected chi connectivity index (χ3v) is 5.59. The molecule has 4 atom stereocenters. The Morgan fingerprint density at radius 1 is 1.04 bits per heavy atom. The monoisotopic (exact) mass is 346 g/mol. The first kappa shape index (κ1) is 19.8. The minimum atomic E-state index is -0.470. The van der Waals surface area contributed by atoms with Crippen molar-refractivity contribution in [3.63, 3.8) is 0 Å². The van der Waals surface area contributed by atoms with E-state index in [4.69, 9.17) is 4.74 Å². The van der Waals surface area contributed by atoms with E-state index in [9.17, 15) is 4.79 Å². The maximum absolute atomic E-state index is 12.3. The molecule has 0 saturated carbocycles. The molecule has 1 amide bonds. The first-order chi connectivity index (χ1) is 11.6. The fraction of sp³-hybridized carbons (Fsp3) is 0.667. The van der Waals surface area contributed by atoms with Gasteiger partial charge in [-0.1, -0.05) is 44.2 Å². The van der Waals surface area contributed by atoms with Gasteiger partial charge in [0.15, 0.2) is 0 Å². The van der Waals surface area contributed by atoms with Gasteiger partial charge in [-0.2, -0.15) is 0 Å². The molecule has 0 spiro atoms. The van der Waals surface area contributed by atoms with Crippen LogP contribution in [0.3, 0.4) is 0 Å². The largest absolute Gasteiger partial charge is 0.444 e. The zero-order valence-electron chi connectivity index (χ0n) is 16.7. The fourth-order valence-corrected chi connectivity index (χ4v) is 3.84. The van der Waals surface area contributed by atoms with E-state index in [-0.39, 0.29) is 12.1 Å². The number of alkyl carbamates (subject to hydrolysis) is 1. The molecule has 0 aliphatic carbocycles. The lowest BCUT2D eigenvalue weighted by Gasteiger charge is -2.50. The van der Waals surface area contributed by atoms with Crippen molar-refractivity contribution in [2.24, 2.45) is 11.8 Å². The van der Waals surface area contributed by atoms with Gasteiger partial charge in [-0.15, -0.1) is 0 Å². The van der Waals surface area contributed by atoms with Crippen molar-refractivity contribution in [3.05, 3.63) is 35.9 Å². The number of carbonyl (C=O) groups is 1. The van der Waals surface area contributed by atoms with Gasteiger partial charge in [-0.05, 0) is 52.0 Å². The fourth-order valence-electron chi connectivity index (χ4n) is 3.84. The van der Waals surface area contributed by atoms with Gasteiger partial charge >= 0.3 is 6.09 Å². The number of hydrogen-bond acceptors (Lipinski definition) is 3. The second-order valence-corrected chi connectivity index (χ2v) is 8.53. The molecule has 25 heavy (non-hydrogen) atoms. The van der Waals surface area contributed by atoms with Crippen molar-refractivity contribution in [2.75, 3.05) is 0 Å². The number of amides is 1. The predicted octanol–water partition coefficient (Wildman–Crippen LogP) is 4.44. The van der Waals surface area contributed by atoms with E-state index in [1.807, 2.05) is 20.8 Å². The van der Waals surface area contributed by atoms with E-state index in [0.29, 0.717) is 23.9 Å². The number of nitrogens with zero attached hydrogens (tertiary/aromatic N) is 1. The Morgan fingerprint density at radius 2 is 1.56 bits per heavy atom. The Kier molecular flexibility index (Phi) is 6.15. The Bertz CT molecular complexity index is 551. The van der Waals surface area contributed by atoms with Crippen molar-refractivity contribution >= 4 is 6.09 Å². The maximum Gasteiger partial charge on any atom is 0.407 e. The highest BCUT2D eigenvalue weighted by atomic mass is 16.6. The molecule has 140 valence electrons. The molecule has 1 aromatic carbocycles. The first-order valence-electron chi connectivity index (χ1n) is 9.39. The van der Waals surface area contributed by atoms with Crippen LogP contribution in [0.5, 0.6) is 0 Å². The number of ether oxygens (including phenoxy) is 1. The average Bonchev–Trinajstić information content (AvgIpc) is 2.53. The van der Waals surface area contributed by atoms with Crippen molar-refractivity contribution in [3.8, 4) is 0 Å². The number of benzene rings is 1. The van der Waals surface area contributed by atoms with Gasteiger partial charge < -0.3 is 10.1 Å². The van der Waals surface area contributed by atoms with Crippen LogP contribution in [-0.4, -0.2) is 34.7 Å². The van der Waals surface area contributed by atoms with Crippen LogP contribution in [0.1, 0.15) is 54.0 Å². The number of rotatable bonds is 3. The Labute approximate surface area is 152 Å². The van der Waals surface area contributed by atoms with E-state index in [1.54, 1.807) is 0 Å². The van der Waals surface area contributed by atoms with Crippen molar-refractivity contribution in [1.82, 2.24) is 10.2 Å². The van der Waals surface area contributed by atoms with Gasteiger partial charge in [0.2, 0.25) is 0 Å². The summed E-state index contributed by atoms with van der Waals surface area (Å²) in [4.78, 5) is 14.8. The Morgan fingerprint density at radius 3 is 2.04 bits per heavy atom. The molecule has 0 aromatic heterocycles. The Balaban J connectivity index is 2.09. The number of likely N-dealkylation sites (tertiary alicyclic amines) is 1. The highest BCUT2D eigenvalue weighted by molar-refractivity contribution is 5.68. The molecule has 1 aromatic rings. The summed E-state index contributed by atoms with van der Waals surface area (Å²) in [5.41, 5.74) is 0.862. The van der Waals surface area contributed by atoms with Crippen LogP contribution in [0.15, 0.2) is 30.3 Å². The van der Waals surface area contributed by atoms with E-state index < -0.39 is 5.60 Å². The lowest BCUT2D eigenvalue weighted by atomic mass is 9.76. The van der Waals surface area contributed by atoms with Gasteiger partial charge in [-0.3, -0.25) is 4.90 Å². The minimum Gasteiger partial charge on any atom is -0.444 e. The smallest absolute Gasteiger partial charge is 0.407 e. The highest BCUT2D eigenvalue weighted by Crippen LogP contribution is 2.33. The number of piperidine rings is 1. The van der Waals surface area contributed by atoms with E-state index in [2.05, 4.69) is 68.2 Å². The summed E-state index contributed by atoms with van der Waals surface area (Å²) in [7, 11) is 0. The van der Waals surface area contributed by atoms with Crippen LogP contribution in [0.2, 0.25) is 0 Å². The zero-order chi connectivity index (χ0) is 18.8. The summed E-state index contributed by atoms with van der Waals surface area (Å²) in [6.07, 6.45) is -0.313. The summed E-state index contributed by atoms with van der Waals surface area (Å²) < 4.78 is 5.47. The predicted molar refractivity (Wildman–Crippen MR) is 102 cm³/mol. The molecular weight excluding hydrogens is 312 g/mol. The summed E-state index contributed by atoms with van der Waals surface area (Å²) in [5, 5.41) is 3.13. The quantitative estimate of drug-likeness (QED) is 0.879. The summed E-state index contributed by atoms with van der Waals surface area (Å²) in [6.45, 7) is 15.6. The Hall–Kier alpha value is -1.55. The molecule has 2 rings (SSSR count). The molecule has 0 bridgehead atoms. The summed E-state index contributed by atoms with van der Waals surface area (Å²) >= 11 is 0. The molecule has 1 aliphatic heterocycles. The molecule has 4 nitrogen and oxygen atoms in total. The SMILES string of the molecule is CC1C(NC(=O)OC(C)(C)C)C(C)C(C)N(Cc2ccccc2)C1C. The number of nitrogens with one attached hydrogen (secondary N) is 1. The van der Waals surface area contributed by atoms with Crippen molar-refractivity contribution in [2.45, 2.75) is 78.7 Å². The van der Waals surface area contributed by atoms with E-state index in [1.165, 1.54) is 5.56 Å². The maximum atomic E-state index is 12.3. The van der Waals surface area contributed by atoms with Gasteiger partial charge in [0.1, 0.15) is 5.60 Å².